The predicted octanol–water partition coefficient (Wildman–Crippen LogP) is 3.33. The minimum Gasteiger partial charge on any atom is -0.308 e. The molecule has 1 saturated carbocycles. The van der Waals surface area contributed by atoms with E-state index < -0.39 is 35.2 Å². The van der Waals surface area contributed by atoms with Crippen molar-refractivity contribution in [1.29, 1.82) is 0 Å². The molecule has 1 aromatic rings. The van der Waals surface area contributed by atoms with E-state index in [1.807, 2.05) is 6.92 Å². The Kier molecular flexibility index (Phi) is 5.82. The molecule has 1 saturated heterocycles. The molecule has 0 spiro atoms. The first-order chi connectivity index (χ1) is 12.7. The molecule has 1 aliphatic heterocycles. The lowest BCUT2D eigenvalue weighted by Crippen LogP contribution is -2.41. The van der Waals surface area contributed by atoms with Crippen LogP contribution >= 0.6 is 7.60 Å². The summed E-state index contributed by atoms with van der Waals surface area (Å²) in [5, 5.41) is 0. The third-order valence-electron chi connectivity index (χ3n) is 5.01. The normalized spacial score (nSPS) is 23.8. The van der Waals surface area contributed by atoms with Crippen molar-refractivity contribution < 1.29 is 26.8 Å². The van der Waals surface area contributed by atoms with Crippen LogP contribution in [-0.4, -0.2) is 43.5 Å². The summed E-state index contributed by atoms with van der Waals surface area (Å²) < 4.78 is 51.3. The highest BCUT2D eigenvalue weighted by Crippen LogP contribution is 2.59. The molecule has 0 N–H and O–H groups in total. The van der Waals surface area contributed by atoms with E-state index in [4.69, 9.17) is 9.05 Å². The van der Waals surface area contributed by atoms with E-state index in [2.05, 4.69) is 0 Å². The van der Waals surface area contributed by atoms with E-state index in [9.17, 15) is 17.8 Å². The van der Waals surface area contributed by atoms with Crippen molar-refractivity contribution in [2.24, 2.45) is 5.92 Å². The van der Waals surface area contributed by atoms with Crippen molar-refractivity contribution >= 4 is 23.5 Å². The minimum absolute atomic E-state index is 0.0652. The second kappa shape index (κ2) is 7.66. The third kappa shape index (κ3) is 3.86. The highest BCUT2D eigenvalue weighted by atomic mass is 32.2. The van der Waals surface area contributed by atoms with Crippen LogP contribution in [0.1, 0.15) is 38.7 Å². The average molecular weight is 415 g/mol. The molecular weight excluding hydrogens is 389 g/mol. The van der Waals surface area contributed by atoms with Gasteiger partial charge in [-0.15, -0.1) is 0 Å². The number of carbonyl (C=O) groups is 1. The van der Waals surface area contributed by atoms with Crippen molar-refractivity contribution in [2.75, 3.05) is 13.2 Å². The SMILES string of the molecule is CCOP(=O)(OCC)C1C[C@@H](C2CC2)N(S(=O)(=O)c2ccc(C)cc2)C1=O. The summed E-state index contributed by atoms with van der Waals surface area (Å²) in [4.78, 5) is 13.2. The van der Waals surface area contributed by atoms with Crippen molar-refractivity contribution in [3.8, 4) is 0 Å². The van der Waals surface area contributed by atoms with Gasteiger partial charge in [0, 0.05) is 0 Å². The van der Waals surface area contributed by atoms with Crippen molar-refractivity contribution in [2.45, 2.75) is 56.6 Å². The van der Waals surface area contributed by atoms with Gasteiger partial charge in [-0.2, -0.15) is 0 Å². The van der Waals surface area contributed by atoms with Crippen LogP contribution in [-0.2, 0) is 28.4 Å². The monoisotopic (exact) mass is 415 g/mol. The summed E-state index contributed by atoms with van der Waals surface area (Å²) in [7, 11) is -7.76. The molecule has 2 aliphatic rings. The highest BCUT2D eigenvalue weighted by molar-refractivity contribution is 7.89. The second-order valence-corrected chi connectivity index (χ2v) is 11.0. The Morgan fingerprint density at radius 3 is 2.15 bits per heavy atom. The standard InChI is InChI=1S/C18H26NO6PS/c1-4-24-26(21,25-5-2)17-12-16(14-8-9-14)19(18(17)20)27(22,23)15-10-6-13(3)7-11-15/h6-7,10-11,14,16-17H,4-5,8-9,12H2,1-3H3/t16-,17?/m0/s1. The van der Waals surface area contributed by atoms with Crippen LogP contribution in [0.4, 0.5) is 0 Å². The summed E-state index contributed by atoms with van der Waals surface area (Å²) in [6, 6.07) is 5.90. The zero-order valence-electron chi connectivity index (χ0n) is 15.8. The Bertz CT molecular complexity index is 839. The lowest BCUT2D eigenvalue weighted by molar-refractivity contribution is -0.124. The molecule has 0 bridgehead atoms. The Morgan fingerprint density at radius 1 is 1.11 bits per heavy atom. The van der Waals surface area contributed by atoms with Gasteiger partial charge in [0.15, 0.2) is 0 Å². The molecule has 1 amide bonds. The average Bonchev–Trinajstić information content (AvgIpc) is 3.38. The molecule has 0 aromatic heterocycles. The van der Waals surface area contributed by atoms with E-state index in [1.165, 1.54) is 12.1 Å². The molecule has 27 heavy (non-hydrogen) atoms. The summed E-state index contributed by atoms with van der Waals surface area (Å²) in [5.74, 6) is -0.575. The fraction of sp³-hybridized carbons (Fsp3) is 0.611. The Hall–Kier alpha value is -1.21. The van der Waals surface area contributed by atoms with Gasteiger partial charge in [0.1, 0.15) is 5.66 Å². The van der Waals surface area contributed by atoms with Crippen molar-refractivity contribution in [3.63, 3.8) is 0 Å². The fourth-order valence-corrected chi connectivity index (χ4v) is 7.35. The van der Waals surface area contributed by atoms with E-state index in [0.717, 1.165) is 22.7 Å². The summed E-state index contributed by atoms with van der Waals surface area (Å²) in [6.45, 7) is 5.45. The van der Waals surface area contributed by atoms with E-state index in [0.29, 0.717) is 0 Å². The maximum Gasteiger partial charge on any atom is 0.343 e. The number of amides is 1. The van der Waals surface area contributed by atoms with E-state index in [1.54, 1.807) is 26.0 Å². The van der Waals surface area contributed by atoms with Gasteiger partial charge >= 0.3 is 7.60 Å². The summed E-state index contributed by atoms with van der Waals surface area (Å²) >= 11 is 0. The fourth-order valence-electron chi connectivity index (χ4n) is 3.56. The molecule has 2 fully saturated rings. The van der Waals surface area contributed by atoms with Crippen LogP contribution < -0.4 is 0 Å². The van der Waals surface area contributed by atoms with Crippen molar-refractivity contribution in [3.05, 3.63) is 29.8 Å². The van der Waals surface area contributed by atoms with Gasteiger partial charge in [0.2, 0.25) is 0 Å². The molecule has 3 rings (SSSR count). The molecule has 1 aliphatic carbocycles. The maximum absolute atomic E-state index is 13.2. The first-order valence-corrected chi connectivity index (χ1v) is 12.3. The van der Waals surface area contributed by atoms with Crippen LogP contribution in [0.3, 0.4) is 0 Å². The second-order valence-electron chi connectivity index (χ2n) is 6.98. The van der Waals surface area contributed by atoms with Gasteiger partial charge in [0.25, 0.3) is 15.9 Å². The van der Waals surface area contributed by atoms with E-state index >= 15 is 0 Å². The Balaban J connectivity index is 2.00. The highest BCUT2D eigenvalue weighted by Gasteiger charge is 2.58. The van der Waals surface area contributed by atoms with Crippen LogP contribution in [0.2, 0.25) is 0 Å². The van der Waals surface area contributed by atoms with Gasteiger partial charge in [-0.25, -0.2) is 12.7 Å². The zero-order chi connectivity index (χ0) is 19.8. The minimum atomic E-state index is -4.03. The number of sulfonamides is 1. The van der Waals surface area contributed by atoms with Gasteiger partial charge in [-0.3, -0.25) is 9.36 Å². The van der Waals surface area contributed by atoms with Gasteiger partial charge < -0.3 is 9.05 Å². The zero-order valence-corrected chi connectivity index (χ0v) is 17.5. The molecule has 2 atom stereocenters. The number of rotatable bonds is 8. The van der Waals surface area contributed by atoms with Crippen LogP contribution in [0.25, 0.3) is 0 Å². The van der Waals surface area contributed by atoms with E-state index in [-0.39, 0.29) is 30.4 Å². The summed E-state index contributed by atoms with van der Waals surface area (Å²) in [6.07, 6.45) is 1.89. The van der Waals surface area contributed by atoms with Gasteiger partial charge in [-0.1, -0.05) is 17.7 Å². The van der Waals surface area contributed by atoms with Crippen molar-refractivity contribution in [1.82, 2.24) is 4.31 Å². The van der Waals surface area contributed by atoms with Crippen LogP contribution in [0, 0.1) is 12.8 Å². The summed E-state index contributed by atoms with van der Waals surface area (Å²) in [5.41, 5.74) is -0.154. The number of hydrogen-bond donors (Lipinski definition) is 0. The maximum atomic E-state index is 13.2. The van der Waals surface area contributed by atoms with Crippen LogP contribution in [0.15, 0.2) is 29.2 Å². The van der Waals surface area contributed by atoms with Gasteiger partial charge in [0.05, 0.1) is 24.2 Å². The Labute approximate surface area is 160 Å². The molecule has 1 unspecified atom stereocenters. The predicted molar refractivity (Wildman–Crippen MR) is 101 cm³/mol. The molecule has 7 nitrogen and oxygen atoms in total. The lowest BCUT2D eigenvalue weighted by Gasteiger charge is -2.24. The Morgan fingerprint density at radius 2 is 1.67 bits per heavy atom. The molecule has 150 valence electrons. The van der Waals surface area contributed by atoms with Gasteiger partial charge in [-0.05, 0) is 58.1 Å². The molecule has 9 heteroatoms. The number of nitrogens with zero attached hydrogens (tertiary/aromatic N) is 1. The smallest absolute Gasteiger partial charge is 0.308 e. The molecule has 1 heterocycles. The molecule has 0 radical (unpaired) electrons. The number of hydrogen-bond acceptors (Lipinski definition) is 6. The quantitative estimate of drug-likeness (QED) is 0.605. The molecule has 1 aromatic carbocycles. The number of aryl methyl sites for hydroxylation is 1. The topological polar surface area (TPSA) is 90.0 Å². The molecular formula is C18H26NO6PS. The lowest BCUT2D eigenvalue weighted by atomic mass is 10.1. The van der Waals surface area contributed by atoms with Crippen LogP contribution in [0.5, 0.6) is 0 Å². The first-order valence-electron chi connectivity index (χ1n) is 9.28. The number of carbonyl (C=O) groups excluding carboxylic acids is 1. The third-order valence-corrected chi connectivity index (χ3v) is 9.28. The number of benzene rings is 1. The largest absolute Gasteiger partial charge is 0.343 e. The first kappa shape index (κ1) is 20.5.